The summed E-state index contributed by atoms with van der Waals surface area (Å²) in [5.74, 6) is 0.0105. The van der Waals surface area contributed by atoms with Gasteiger partial charge in [0.15, 0.2) is 17.5 Å². The quantitative estimate of drug-likeness (QED) is 0.0373. The van der Waals surface area contributed by atoms with E-state index in [2.05, 4.69) is 114 Å². The summed E-state index contributed by atoms with van der Waals surface area (Å²) in [6.45, 7) is 14.3. The van der Waals surface area contributed by atoms with Crippen molar-refractivity contribution in [1.29, 1.82) is 0 Å². The number of carbonyl (C=O) groups is 6. The van der Waals surface area contributed by atoms with E-state index < -0.39 is 23.1 Å². The van der Waals surface area contributed by atoms with E-state index in [1.165, 1.54) is 266 Å². The van der Waals surface area contributed by atoms with Crippen molar-refractivity contribution in [3.8, 4) is 0 Å². The number of carbonyl (C=O) groups excluding carboxylic acids is 5. The molecule has 0 fully saturated rings. The van der Waals surface area contributed by atoms with Gasteiger partial charge in [0.2, 0.25) is 5.24 Å². The molecule has 0 bridgehead atoms. The number of ether oxygens (including phenoxy) is 2. The molecule has 12 aliphatic rings. The number of rotatable bonds is 9. The molecule has 0 radical (unpaired) electrons. The number of esters is 2. The third kappa shape index (κ3) is 25.4. The van der Waals surface area contributed by atoms with Crippen molar-refractivity contribution in [3.63, 3.8) is 0 Å². The summed E-state index contributed by atoms with van der Waals surface area (Å²) in [7, 11) is 0. The van der Waals surface area contributed by atoms with Gasteiger partial charge in [-0.15, -0.1) is 23.2 Å². The van der Waals surface area contributed by atoms with Crippen LogP contribution in [0.2, 0.25) is 0 Å². The molecule has 9 nitrogen and oxygen atoms in total. The van der Waals surface area contributed by atoms with Gasteiger partial charge in [-0.3, -0.25) is 35.7 Å². The van der Waals surface area contributed by atoms with Crippen molar-refractivity contribution >= 4 is 99.1 Å². The Balaban J connectivity index is 0.000000137. The number of hydrogen-bond acceptors (Lipinski definition) is 8. The molecule has 113 heavy (non-hydrogen) atoms. The summed E-state index contributed by atoms with van der Waals surface area (Å²) in [6, 6.07) is 31.4. The average molecular weight is 1770 g/mol. The molecule has 0 unspecified atom stereocenters. The average Bonchev–Trinajstić information content (AvgIpc) is 1.65. The number of halogens is 5. The Hall–Kier alpha value is -5.72. The molecule has 600 valence electrons. The first-order chi connectivity index (χ1) is 54.3. The van der Waals surface area contributed by atoms with Crippen molar-refractivity contribution < 1.29 is 59.7 Å². The molecule has 7 aromatic carbocycles. The van der Waals surface area contributed by atoms with Gasteiger partial charge in [-0.05, 0) is 423 Å². The minimum Gasteiger partial charge on any atom is -0.0620 e. The molecule has 0 spiro atoms. The topological polar surface area (TPSA) is 141 Å². The minimum atomic E-state index is -0.686. The summed E-state index contributed by atoms with van der Waals surface area (Å²) >= 11 is 23.5. The molecule has 15 heteroatoms. The summed E-state index contributed by atoms with van der Waals surface area (Å²) in [5.41, 5.74) is 38.2. The number of benzene rings is 7. The molecule has 0 saturated heterocycles. The van der Waals surface area contributed by atoms with Crippen molar-refractivity contribution in [2.24, 2.45) is 0 Å². The first kappa shape index (κ1) is 89.6. The Morgan fingerprint density at radius 2 is 0.717 bits per heavy atom. The van der Waals surface area contributed by atoms with Gasteiger partial charge in [0.1, 0.15) is 11.2 Å². The Morgan fingerprint density at radius 1 is 0.398 bits per heavy atom. The fourth-order valence-corrected chi connectivity index (χ4v) is 20.2. The molecule has 0 aromatic heterocycles. The van der Waals surface area contributed by atoms with Crippen LogP contribution in [0, 0.1) is 6.92 Å². The van der Waals surface area contributed by atoms with Crippen LogP contribution in [0.15, 0.2) is 89.4 Å². The van der Waals surface area contributed by atoms with Crippen LogP contribution in [0.1, 0.15) is 291 Å². The summed E-state index contributed by atoms with van der Waals surface area (Å²) in [5, 5.41) is 8.66. The van der Waals surface area contributed by atoms with Crippen LogP contribution < -0.4 is 0 Å². The summed E-state index contributed by atoms with van der Waals surface area (Å²) in [6.07, 6.45) is 44.3. The maximum absolute atomic E-state index is 12.2. The Kier molecular flexibility index (Phi) is 34.2. The number of Topliss-reactive ketones (excluding diaryl/α,β-unsaturated/α-hetero) is 2. The zero-order valence-corrected chi connectivity index (χ0v) is 76.5. The van der Waals surface area contributed by atoms with Crippen LogP contribution >= 0.6 is 64.4 Å². The van der Waals surface area contributed by atoms with Crippen molar-refractivity contribution in [1.82, 2.24) is 0 Å². The van der Waals surface area contributed by atoms with Gasteiger partial charge >= 0.3 is 41.9 Å². The van der Waals surface area contributed by atoms with E-state index in [9.17, 15) is 28.8 Å². The van der Waals surface area contributed by atoms with Crippen molar-refractivity contribution in [2.75, 3.05) is 11.8 Å². The maximum atomic E-state index is 12.2. The Labute approximate surface area is 714 Å². The molecule has 0 heterocycles. The fourth-order valence-electron chi connectivity index (χ4n) is 18.8. The number of alkyl halides is 2. The zero-order valence-electron chi connectivity index (χ0n) is 68.1. The van der Waals surface area contributed by atoms with E-state index in [1.807, 2.05) is 32.9 Å². The number of aliphatic carboxylic acids is 1. The van der Waals surface area contributed by atoms with Gasteiger partial charge in [-0.1, -0.05) is 88.7 Å². The van der Waals surface area contributed by atoms with Gasteiger partial charge in [0.05, 0.1) is 12.8 Å². The normalized spacial score (nSPS) is 16.1. The predicted octanol–water partition coefficient (Wildman–Crippen LogP) is 22.8. The third-order valence-corrected chi connectivity index (χ3v) is 25.2. The van der Waals surface area contributed by atoms with E-state index in [-0.39, 0.29) is 29.8 Å². The number of carboxylic acids is 1. The van der Waals surface area contributed by atoms with E-state index in [0.717, 1.165) is 74.5 Å². The van der Waals surface area contributed by atoms with Crippen LogP contribution in [-0.2, 0) is 206 Å². The van der Waals surface area contributed by atoms with Crippen molar-refractivity contribution in [2.45, 2.75) is 303 Å². The van der Waals surface area contributed by atoms with Crippen LogP contribution in [0.4, 0.5) is 0 Å². The van der Waals surface area contributed by atoms with Gasteiger partial charge in [0.25, 0.3) is 0 Å². The molecule has 19 rings (SSSR count). The monoisotopic (exact) mass is 1760 g/mol. The van der Waals surface area contributed by atoms with E-state index >= 15 is 0 Å². The number of hydrogen-bond donors (Lipinski definition) is 1. The summed E-state index contributed by atoms with van der Waals surface area (Å²) < 4.78 is 11.7. The first-order valence-electron chi connectivity index (χ1n) is 42.0. The molecule has 0 saturated carbocycles. The first-order valence-corrected chi connectivity index (χ1v) is 51.2. The summed E-state index contributed by atoms with van der Waals surface area (Å²) in [4.78, 5) is 66.1. The second-order valence-electron chi connectivity index (χ2n) is 34.0. The molecule has 0 aliphatic heterocycles. The van der Waals surface area contributed by atoms with Crippen molar-refractivity contribution in [3.05, 3.63) is 247 Å². The van der Waals surface area contributed by atoms with Gasteiger partial charge < -0.3 is 14.6 Å². The van der Waals surface area contributed by atoms with Gasteiger partial charge in [-0.2, -0.15) is 0 Å². The van der Waals surface area contributed by atoms with Crippen LogP contribution in [-0.4, -0.2) is 62.8 Å². The van der Waals surface area contributed by atoms with Gasteiger partial charge in [-0.25, -0.2) is 0 Å². The largest absolute Gasteiger partial charge is 0.0620 e. The second kappa shape index (κ2) is 43.1. The molecule has 12 aliphatic carbocycles. The van der Waals surface area contributed by atoms with E-state index in [0.29, 0.717) is 30.4 Å². The van der Waals surface area contributed by atoms with E-state index in [4.69, 9.17) is 44.6 Å². The predicted molar refractivity (Wildman–Crippen MR) is 465 cm³/mol. The fraction of sp³-hybridized carbons (Fsp3) is 0.500. The minimum absolute atomic E-state index is 0.0769. The van der Waals surface area contributed by atoms with E-state index in [1.54, 1.807) is 76.4 Å². The molecule has 7 aromatic rings. The smallest absolute Gasteiger partial charge is 0.0273 e. The SMILES string of the molecule is Brc1c2c(cc3c1CCC3)CCC2.CC(C)(C)OC(=O)Cc1c2c(cc3c1CCC3)CCC2.O=C(CCCl)c1ccc2c(c1)CCC2.O=C(Cl)CCCl.O=C(O)Cc1c2c(cc3c1CCC3)CCC2.O=C1CCc2cc3c(cc21)CCC3.[CH2-]C(=O)OC(C)(C)C.[Zn+][Br].c1c2c(cc3c1CCC3)CCC2.c1ccc2c(c1)CCC2. The number of aryl methyl sites for hydroxylation is 17. The number of fused-ring (bicyclic) bond motifs is 12. The maximum Gasteiger partial charge on any atom is -0.0273 e. The van der Waals surface area contributed by atoms with Crippen LogP contribution in [0.5, 0.6) is 0 Å². The Morgan fingerprint density at radius 3 is 1.07 bits per heavy atom. The Bertz CT molecular complexity index is 4380. The molecular weight excluding hydrogens is 1650 g/mol. The van der Waals surface area contributed by atoms with Crippen LogP contribution in [0.25, 0.3) is 0 Å². The van der Waals surface area contributed by atoms with Gasteiger partial charge in [0, 0.05) is 46.6 Å². The third-order valence-electron chi connectivity index (χ3n) is 23.7. The molecule has 0 amide bonds. The zero-order chi connectivity index (χ0) is 80.9. The number of carboxylic acid groups (broad SMARTS) is 1. The molecule has 1 N–H and O–H groups in total. The molecule has 0 atom stereocenters. The second-order valence-corrected chi connectivity index (χ2v) is 36.0. The molecular formula is C98H117Br2Cl3O9Zn. The van der Waals surface area contributed by atoms with Crippen LogP contribution in [0.3, 0.4) is 0 Å². The standard InChI is InChI=1S/C18H24O2.C14H16O2.C12H13Br.C12H13ClO.C12H12O.C12H14.C9H10.C6H11O2.C3H4Cl2O.BrH.Zn/c1-18(2,3)20-17(19)11-16-14-8-4-6-12(14)10-13-7-5-9-15(13)16;15-14(16)8-13-11-5-1-3-9(11)7-10-4-2-6-12(10)13;13-12-10-5-1-3-8(10)7-9-4-2-6-11(9)12;13-7-6-12(14)11-5-4-9-2-1-3-10(9)8-11;13-12-5-4-10-6-8-2-1-3-9(8)7-11(10)12;1-3-9-7-11-5-2-6-12(11)8-10(9)4-1;1-2-5-9-7-3-6-8(9)4-1;1-5(7)8-6(2,3)4;4-2-1-3(5)6;;/h10H,4-9,11H2,1-3H3;7H,1-6,8H2,(H,15,16);7H,1-6H2;4-5,8H,1-3,6-7H2;6-7H,1-5H2;7-8H,1-6H2;1-2,4-5H,3,6-7H2;1H2,2-4H3;1-2H2;1H;/q;;;;;;;-1;;;+2/p-1. The number of ketones is 2.